The molecule has 2 heterocycles. The lowest BCUT2D eigenvalue weighted by molar-refractivity contribution is -0.384. The van der Waals surface area contributed by atoms with E-state index in [1.807, 2.05) is 54.6 Å². The quantitative estimate of drug-likeness (QED) is 0.210. The second kappa shape index (κ2) is 9.69. The number of non-ortho nitro benzene ring substituents is 1. The molecular weight excluding hydrogens is 444 g/mol. The van der Waals surface area contributed by atoms with Crippen LogP contribution in [-0.4, -0.2) is 49.9 Å². The standard InChI is InChI=1S/C27H26N4O4/c32-22-12-14-30(15-13-22)17-18-6-8-20(9-7-18)28-26(19-4-2-1-3-5-19)25-23-16-21(31(34)35)10-11-24(23)29-27(25)33/h1-11,16,22,29,32-33H,12-15,17H2. The molecule has 0 spiro atoms. The molecule has 1 aliphatic heterocycles. The van der Waals surface area contributed by atoms with E-state index in [1.54, 1.807) is 6.07 Å². The van der Waals surface area contributed by atoms with Crippen molar-refractivity contribution in [2.75, 3.05) is 13.1 Å². The number of aliphatic hydroxyl groups is 1. The fraction of sp³-hybridized carbons (Fsp3) is 0.222. The molecule has 35 heavy (non-hydrogen) atoms. The molecule has 8 nitrogen and oxygen atoms in total. The Balaban J connectivity index is 1.52. The van der Waals surface area contributed by atoms with Gasteiger partial charge in [-0.1, -0.05) is 42.5 Å². The number of aromatic hydroxyl groups is 1. The van der Waals surface area contributed by atoms with Crippen LogP contribution in [0.3, 0.4) is 0 Å². The molecule has 8 heteroatoms. The van der Waals surface area contributed by atoms with Crippen molar-refractivity contribution >= 4 is 28.0 Å². The number of rotatable bonds is 6. The van der Waals surface area contributed by atoms with Gasteiger partial charge in [0.1, 0.15) is 0 Å². The number of aromatic amines is 1. The summed E-state index contributed by atoms with van der Waals surface area (Å²) >= 11 is 0. The number of nitro groups is 1. The Bertz CT molecular complexity index is 1370. The van der Waals surface area contributed by atoms with Crippen LogP contribution in [0.4, 0.5) is 11.4 Å². The number of nitrogens with zero attached hydrogens (tertiary/aromatic N) is 3. The molecular formula is C27H26N4O4. The Morgan fingerprint density at radius 2 is 1.77 bits per heavy atom. The predicted octanol–water partition coefficient (Wildman–Crippen LogP) is 4.91. The molecule has 0 saturated carbocycles. The largest absolute Gasteiger partial charge is 0.494 e. The Kier molecular flexibility index (Phi) is 6.31. The Morgan fingerprint density at radius 3 is 2.46 bits per heavy atom. The smallest absolute Gasteiger partial charge is 0.270 e. The van der Waals surface area contributed by atoms with E-state index in [0.29, 0.717) is 27.9 Å². The maximum atomic E-state index is 11.4. The summed E-state index contributed by atoms with van der Waals surface area (Å²) in [5.41, 5.74) is 4.13. The third kappa shape index (κ3) is 4.94. The summed E-state index contributed by atoms with van der Waals surface area (Å²) in [5, 5.41) is 32.4. The van der Waals surface area contributed by atoms with Crippen molar-refractivity contribution in [1.29, 1.82) is 0 Å². The first-order valence-electron chi connectivity index (χ1n) is 11.6. The number of aliphatic hydroxyl groups excluding tert-OH is 1. The summed E-state index contributed by atoms with van der Waals surface area (Å²) in [6.45, 7) is 2.57. The van der Waals surface area contributed by atoms with Gasteiger partial charge in [0, 0.05) is 48.2 Å². The minimum absolute atomic E-state index is 0.0558. The van der Waals surface area contributed by atoms with Crippen molar-refractivity contribution in [3.63, 3.8) is 0 Å². The molecule has 0 aliphatic carbocycles. The van der Waals surface area contributed by atoms with E-state index >= 15 is 0 Å². The van der Waals surface area contributed by atoms with Gasteiger partial charge in [-0.15, -0.1) is 0 Å². The second-order valence-corrected chi connectivity index (χ2v) is 8.84. The average Bonchev–Trinajstić information content (AvgIpc) is 3.20. The molecule has 5 rings (SSSR count). The van der Waals surface area contributed by atoms with E-state index in [4.69, 9.17) is 4.99 Å². The lowest BCUT2D eigenvalue weighted by Crippen LogP contribution is -2.35. The Hall–Kier alpha value is -4.01. The van der Waals surface area contributed by atoms with E-state index in [0.717, 1.165) is 43.6 Å². The normalized spacial score (nSPS) is 15.5. The minimum Gasteiger partial charge on any atom is -0.494 e. The summed E-state index contributed by atoms with van der Waals surface area (Å²) < 4.78 is 0. The van der Waals surface area contributed by atoms with Crippen molar-refractivity contribution in [2.24, 2.45) is 4.99 Å². The van der Waals surface area contributed by atoms with Crippen LogP contribution in [0.25, 0.3) is 10.9 Å². The lowest BCUT2D eigenvalue weighted by Gasteiger charge is -2.29. The number of hydrogen-bond acceptors (Lipinski definition) is 6. The van der Waals surface area contributed by atoms with Gasteiger partial charge in [-0.25, -0.2) is 4.99 Å². The third-order valence-electron chi connectivity index (χ3n) is 6.40. The highest BCUT2D eigenvalue weighted by Crippen LogP contribution is 2.33. The number of benzene rings is 3. The molecule has 4 aromatic rings. The molecule has 3 aromatic carbocycles. The number of nitrogens with one attached hydrogen (secondary N) is 1. The zero-order chi connectivity index (χ0) is 24.4. The lowest BCUT2D eigenvalue weighted by atomic mass is 10.0. The number of aliphatic imine (C=N–C) groups is 1. The topological polar surface area (TPSA) is 115 Å². The Labute approximate surface area is 202 Å². The molecule has 0 unspecified atom stereocenters. The van der Waals surface area contributed by atoms with Crippen LogP contribution in [0.5, 0.6) is 5.88 Å². The minimum atomic E-state index is -0.450. The van der Waals surface area contributed by atoms with Crippen molar-refractivity contribution in [2.45, 2.75) is 25.5 Å². The van der Waals surface area contributed by atoms with E-state index in [9.17, 15) is 20.3 Å². The molecule has 1 aliphatic rings. The molecule has 3 N–H and O–H groups in total. The van der Waals surface area contributed by atoms with Crippen molar-refractivity contribution < 1.29 is 15.1 Å². The summed E-state index contributed by atoms with van der Waals surface area (Å²) in [6, 6.07) is 21.9. The van der Waals surface area contributed by atoms with Crippen LogP contribution >= 0.6 is 0 Å². The van der Waals surface area contributed by atoms with Crippen LogP contribution in [-0.2, 0) is 6.54 Å². The molecule has 0 atom stereocenters. The highest BCUT2D eigenvalue weighted by molar-refractivity contribution is 6.22. The van der Waals surface area contributed by atoms with Crippen LogP contribution in [0.15, 0.2) is 77.8 Å². The first kappa shape index (κ1) is 22.8. The zero-order valence-electron chi connectivity index (χ0n) is 19.1. The molecule has 0 radical (unpaired) electrons. The monoisotopic (exact) mass is 470 g/mol. The number of piperidine rings is 1. The number of H-pyrrole nitrogens is 1. The van der Waals surface area contributed by atoms with Gasteiger partial charge in [0.05, 0.1) is 28.0 Å². The van der Waals surface area contributed by atoms with E-state index in [1.165, 1.54) is 12.1 Å². The summed E-state index contributed by atoms with van der Waals surface area (Å²) in [4.78, 5) is 21.0. The summed E-state index contributed by atoms with van der Waals surface area (Å²) in [7, 11) is 0. The number of nitro benzene ring substituents is 1. The fourth-order valence-electron chi connectivity index (χ4n) is 4.52. The highest BCUT2D eigenvalue weighted by atomic mass is 16.6. The van der Waals surface area contributed by atoms with Gasteiger partial charge in [-0.3, -0.25) is 15.0 Å². The number of aromatic nitrogens is 1. The highest BCUT2D eigenvalue weighted by Gasteiger charge is 2.21. The number of hydrogen-bond donors (Lipinski definition) is 3. The van der Waals surface area contributed by atoms with Crippen molar-refractivity contribution in [1.82, 2.24) is 9.88 Å². The predicted molar refractivity (Wildman–Crippen MR) is 135 cm³/mol. The molecule has 0 bridgehead atoms. The number of likely N-dealkylation sites (tertiary alicyclic amines) is 1. The maximum absolute atomic E-state index is 11.4. The van der Waals surface area contributed by atoms with Crippen molar-refractivity contribution in [3.05, 3.63) is 99.6 Å². The molecule has 1 saturated heterocycles. The number of fused-ring (bicyclic) bond motifs is 1. The van der Waals surface area contributed by atoms with Gasteiger partial charge in [0.25, 0.3) is 5.69 Å². The summed E-state index contributed by atoms with van der Waals surface area (Å²) in [6.07, 6.45) is 1.41. The van der Waals surface area contributed by atoms with E-state index in [2.05, 4.69) is 9.88 Å². The molecule has 1 fully saturated rings. The maximum Gasteiger partial charge on any atom is 0.270 e. The van der Waals surface area contributed by atoms with Crippen LogP contribution < -0.4 is 0 Å². The van der Waals surface area contributed by atoms with Gasteiger partial charge in [0.15, 0.2) is 5.88 Å². The van der Waals surface area contributed by atoms with Crippen LogP contribution in [0, 0.1) is 10.1 Å². The first-order chi connectivity index (χ1) is 17.0. The van der Waals surface area contributed by atoms with Crippen molar-refractivity contribution in [3.8, 4) is 5.88 Å². The second-order valence-electron chi connectivity index (χ2n) is 8.84. The van der Waals surface area contributed by atoms with Gasteiger partial charge in [-0.05, 0) is 36.6 Å². The molecule has 178 valence electrons. The van der Waals surface area contributed by atoms with Gasteiger partial charge in [0.2, 0.25) is 0 Å². The Morgan fingerprint density at radius 1 is 1.06 bits per heavy atom. The molecule has 0 amide bonds. The van der Waals surface area contributed by atoms with Gasteiger partial charge >= 0.3 is 0 Å². The first-order valence-corrected chi connectivity index (χ1v) is 11.6. The van der Waals surface area contributed by atoms with Crippen LogP contribution in [0.1, 0.15) is 29.5 Å². The van der Waals surface area contributed by atoms with E-state index in [-0.39, 0.29) is 17.7 Å². The third-order valence-corrected chi connectivity index (χ3v) is 6.40. The van der Waals surface area contributed by atoms with Gasteiger partial charge < -0.3 is 15.2 Å². The SMILES string of the molecule is O=[N+]([O-])c1ccc2[nH]c(O)c(C(=Nc3ccc(CN4CCC(O)CC4)cc3)c3ccccc3)c2c1. The van der Waals surface area contributed by atoms with E-state index < -0.39 is 4.92 Å². The average molecular weight is 471 g/mol. The van der Waals surface area contributed by atoms with Crippen LogP contribution in [0.2, 0.25) is 0 Å². The van der Waals surface area contributed by atoms with Gasteiger partial charge in [-0.2, -0.15) is 0 Å². The zero-order valence-corrected chi connectivity index (χ0v) is 19.1. The fourth-order valence-corrected chi connectivity index (χ4v) is 4.52. The molecule has 1 aromatic heterocycles. The summed E-state index contributed by atoms with van der Waals surface area (Å²) in [5.74, 6) is -0.0907.